The van der Waals surface area contributed by atoms with Crippen molar-refractivity contribution in [3.8, 4) is 0 Å². The summed E-state index contributed by atoms with van der Waals surface area (Å²) in [4.78, 5) is 63.9. The van der Waals surface area contributed by atoms with Gasteiger partial charge in [0.25, 0.3) is 5.91 Å². The van der Waals surface area contributed by atoms with Gasteiger partial charge in [-0.3, -0.25) is 14.9 Å². The van der Waals surface area contributed by atoms with E-state index in [1.165, 1.54) is 3.58 Å². The van der Waals surface area contributed by atoms with Gasteiger partial charge in [-0.1, -0.05) is 48.5 Å². The third-order valence-electron chi connectivity index (χ3n) is 10.8. The fourth-order valence-electron chi connectivity index (χ4n) is 6.76. The van der Waals surface area contributed by atoms with Crippen molar-refractivity contribution >= 4 is 79.9 Å². The number of halogens is 1. The first-order valence-corrected chi connectivity index (χ1v) is 33.0. The molecule has 0 radical (unpaired) electrons. The maximum atomic E-state index is 12.6. The van der Waals surface area contributed by atoms with Gasteiger partial charge in [-0.15, -0.1) is 0 Å². The number of pyridine rings is 2. The number of nitrogens with two attached hydrogens (primary N) is 2. The second-order valence-corrected chi connectivity index (χ2v) is 32.8. The zero-order chi connectivity index (χ0) is 48.3. The number of benzene rings is 4. The Morgan fingerprint density at radius 3 is 1.27 bits per heavy atom. The molecule has 6 aromatic rings. The van der Waals surface area contributed by atoms with Crippen molar-refractivity contribution in [2.24, 2.45) is 0 Å². The van der Waals surface area contributed by atoms with Crippen LogP contribution in [0.3, 0.4) is 0 Å². The molecule has 16 heteroatoms. The van der Waals surface area contributed by atoms with E-state index in [0.717, 1.165) is 62.9 Å². The molecule has 0 aliphatic heterocycles. The summed E-state index contributed by atoms with van der Waals surface area (Å²) in [6.07, 6.45) is 3.07. The van der Waals surface area contributed by atoms with Crippen LogP contribution in [0.1, 0.15) is 54.4 Å². The van der Waals surface area contributed by atoms with Crippen LogP contribution in [0.2, 0.25) is 14.8 Å². The van der Waals surface area contributed by atoms with E-state index in [9.17, 15) is 29.4 Å². The fourth-order valence-corrected chi connectivity index (χ4v) is 10.4. The number of aromatic nitrogens is 2. The molecule has 0 saturated carbocycles. The van der Waals surface area contributed by atoms with Crippen molar-refractivity contribution in [3.63, 3.8) is 0 Å². The van der Waals surface area contributed by atoms with Gasteiger partial charge >= 0.3 is 147 Å². The SMILES string of the molecule is Nc1cccc(CCc2ccc(C(=O)NC[C@H](NCc3ccc([125I])cc3)C(=O)O)cc2)n1.[CH3][Sn]([CH3])([CH3])[c]1ccc(CN[C@@H](CNC(=O)c2ccc(CCc3cccc(N)n3)cc2)C(=O)O)cc1. The van der Waals surface area contributed by atoms with Gasteiger partial charge in [0.15, 0.2) is 0 Å². The predicted molar refractivity (Wildman–Crippen MR) is 275 cm³/mol. The summed E-state index contributed by atoms with van der Waals surface area (Å²) in [5.74, 6) is -1.62. The first-order chi connectivity index (χ1) is 32.0. The normalized spacial score (nSPS) is 11.9. The number of amides is 2. The van der Waals surface area contributed by atoms with Crippen molar-refractivity contribution in [2.45, 2.75) is 65.7 Å². The Balaban J connectivity index is 0.000000252. The first kappa shape index (κ1) is 52.1. The van der Waals surface area contributed by atoms with Gasteiger partial charge in [0.2, 0.25) is 0 Å². The summed E-state index contributed by atoms with van der Waals surface area (Å²) in [5, 5.41) is 30.5. The van der Waals surface area contributed by atoms with E-state index in [0.29, 0.717) is 35.9 Å². The molecule has 0 unspecified atom stereocenters. The molecule has 0 fully saturated rings. The van der Waals surface area contributed by atoms with Gasteiger partial charge in [0, 0.05) is 33.6 Å². The Morgan fingerprint density at radius 1 is 0.537 bits per heavy atom. The molecule has 14 nitrogen and oxygen atoms in total. The van der Waals surface area contributed by atoms with Crippen molar-refractivity contribution in [1.29, 1.82) is 0 Å². The summed E-state index contributed by atoms with van der Waals surface area (Å²) in [6.45, 7) is 0.804. The molecule has 4 aromatic carbocycles. The average Bonchev–Trinajstić information content (AvgIpc) is 3.31. The predicted octanol–water partition coefficient (Wildman–Crippen LogP) is 5.99. The molecule has 0 aliphatic carbocycles. The van der Waals surface area contributed by atoms with E-state index < -0.39 is 42.4 Å². The quantitative estimate of drug-likeness (QED) is 0.0307. The molecule has 6 rings (SSSR count). The average molecular weight is 1120 g/mol. The summed E-state index contributed by atoms with van der Waals surface area (Å²) in [5.41, 5.74) is 18.4. The number of aryl methyl sites for hydroxylation is 4. The third kappa shape index (κ3) is 18.0. The van der Waals surface area contributed by atoms with E-state index in [1.54, 1.807) is 36.4 Å². The van der Waals surface area contributed by atoms with Gasteiger partial charge in [0.05, 0.1) is 0 Å². The second-order valence-electron chi connectivity index (χ2n) is 17.0. The zero-order valence-corrected chi connectivity index (χ0v) is 43.0. The van der Waals surface area contributed by atoms with Crippen LogP contribution in [-0.2, 0) is 48.4 Å². The number of carbonyl (C=O) groups excluding carboxylic acids is 2. The third-order valence-corrected chi connectivity index (χ3v) is 17.4. The Kier molecular flexibility index (Phi) is 20.1. The first-order valence-electron chi connectivity index (χ1n) is 22.0. The number of nitrogens with one attached hydrogen (secondary N) is 4. The van der Waals surface area contributed by atoms with Crippen molar-refractivity contribution in [3.05, 3.63) is 182 Å². The van der Waals surface area contributed by atoms with Crippen LogP contribution in [0, 0.1) is 3.57 Å². The van der Waals surface area contributed by atoms with Crippen molar-refractivity contribution in [1.82, 2.24) is 31.2 Å². The summed E-state index contributed by atoms with van der Waals surface area (Å²) >= 11 is 0.110. The second kappa shape index (κ2) is 25.9. The van der Waals surface area contributed by atoms with Crippen LogP contribution >= 0.6 is 22.6 Å². The van der Waals surface area contributed by atoms with Gasteiger partial charge in [-0.25, -0.2) is 9.97 Å². The van der Waals surface area contributed by atoms with Crippen LogP contribution in [0.15, 0.2) is 133 Å². The molecule has 2 amide bonds. The number of nitrogens with zero attached hydrogens (tertiary/aromatic N) is 2. The summed E-state index contributed by atoms with van der Waals surface area (Å²) in [7, 11) is 0. The van der Waals surface area contributed by atoms with Gasteiger partial charge in [-0.05, 0) is 113 Å². The molecule has 0 bridgehead atoms. The minimum atomic E-state index is -2.11. The van der Waals surface area contributed by atoms with E-state index in [-0.39, 0.29) is 24.9 Å². The number of hydrogen-bond donors (Lipinski definition) is 8. The molecule has 0 aliphatic rings. The van der Waals surface area contributed by atoms with E-state index in [2.05, 4.69) is 80.8 Å². The molecule has 350 valence electrons. The van der Waals surface area contributed by atoms with E-state index >= 15 is 0 Å². The molecular weight excluding hydrogens is 1060 g/mol. The molecule has 0 saturated heterocycles. The van der Waals surface area contributed by atoms with Gasteiger partial charge in [-0.2, -0.15) is 0 Å². The van der Waals surface area contributed by atoms with Crippen molar-refractivity contribution in [2.75, 3.05) is 24.6 Å². The number of carbonyl (C=O) groups is 4. The number of aliphatic carboxylic acids is 2. The Hall–Kier alpha value is -5.89. The van der Waals surface area contributed by atoms with Crippen LogP contribution in [0.25, 0.3) is 0 Å². The van der Waals surface area contributed by atoms with Crippen LogP contribution in [-0.4, -0.2) is 87.5 Å². The molecule has 10 N–H and O–H groups in total. The Labute approximate surface area is 409 Å². The monoisotopic (exact) mass is 1120 g/mol. The summed E-state index contributed by atoms with van der Waals surface area (Å²) < 4.78 is 2.54. The molecule has 2 heterocycles. The van der Waals surface area contributed by atoms with Gasteiger partial charge < -0.3 is 21.9 Å². The molecule has 0 spiro atoms. The number of nitrogen functional groups attached to an aromatic ring is 2. The van der Waals surface area contributed by atoms with Crippen LogP contribution < -0.4 is 36.3 Å². The Morgan fingerprint density at radius 2 is 0.910 bits per heavy atom. The number of rotatable bonds is 21. The zero-order valence-electron chi connectivity index (χ0n) is 38.0. The number of hydrogen-bond acceptors (Lipinski definition) is 10. The molecule has 2 aromatic heterocycles. The van der Waals surface area contributed by atoms with Gasteiger partial charge in [0.1, 0.15) is 17.7 Å². The van der Waals surface area contributed by atoms with E-state index in [4.69, 9.17) is 11.5 Å². The minimum absolute atomic E-state index is 0.00640. The topological polar surface area (TPSA) is 235 Å². The number of carboxylic acid groups (broad SMARTS) is 2. The maximum absolute atomic E-state index is 12.6. The number of carboxylic acids is 2. The van der Waals surface area contributed by atoms with Crippen molar-refractivity contribution < 1.29 is 29.4 Å². The standard InChI is InChI=1S/C24H25IN4O3.C24H25N4O3.3CH3.Sn/c25-19-11-6-17(7-12-19)14-27-21(24(31)32)15-28-23(30)18-9-4-16(5-10-18)8-13-20-2-1-3-22(26)29-20;25-22-8-4-7-20(28-22)14-11-17-9-12-19(13-10-17)23(29)27-16-21(24(30)31)26-15-18-5-2-1-3-6-18;;;;/h1-7,9-12,21,27H,8,13-15H2,(H2,26,29)(H,28,30)(H,31,32);2-10,12-13,21,26H,11,14-16H2,(H2,25,28)(H,27,29)(H,30,31);3*1H3;/t2*21-;;;;/m00..../s1/i25-2;;;;;. The molecule has 67 heavy (non-hydrogen) atoms. The number of anilines is 2. The fraction of sp³-hybridized carbons (Fsp3) is 0.255. The molecule has 2 atom stereocenters. The van der Waals surface area contributed by atoms with Crippen LogP contribution in [0.5, 0.6) is 0 Å². The Bertz CT molecular complexity index is 2560. The molecular formula is C51H59IN8O6Sn. The summed E-state index contributed by atoms with van der Waals surface area (Å²) in [6, 6.07) is 40.2. The van der Waals surface area contributed by atoms with E-state index in [1.807, 2.05) is 84.9 Å². The van der Waals surface area contributed by atoms with Crippen LogP contribution in [0.4, 0.5) is 11.6 Å².